The molecule has 35 heavy (non-hydrogen) atoms. The Morgan fingerprint density at radius 1 is 1.14 bits per heavy atom. The first-order valence-electron chi connectivity index (χ1n) is 12.9. The molecule has 0 amide bonds. The quantitative estimate of drug-likeness (QED) is 0.531. The van der Waals surface area contributed by atoms with Gasteiger partial charge in [0.15, 0.2) is 5.58 Å². The summed E-state index contributed by atoms with van der Waals surface area (Å²) in [4.78, 5) is 16.3. The van der Waals surface area contributed by atoms with E-state index in [-0.39, 0.29) is 12.0 Å². The highest BCUT2D eigenvalue weighted by Crippen LogP contribution is 2.44. The number of hydrogen-bond donors (Lipinski definition) is 1. The van der Waals surface area contributed by atoms with Crippen LogP contribution in [0.25, 0.3) is 22.3 Å². The molecule has 0 spiro atoms. The molecule has 6 rings (SSSR count). The molecule has 2 atom stereocenters. The third-order valence-corrected chi connectivity index (χ3v) is 8.36. The number of likely N-dealkylation sites (tertiary alicyclic amines) is 1. The summed E-state index contributed by atoms with van der Waals surface area (Å²) in [6.07, 6.45) is 6.21. The van der Waals surface area contributed by atoms with E-state index in [0.29, 0.717) is 24.1 Å². The number of carboxylic acid groups (broad SMARTS) is 1. The molecule has 0 bridgehead atoms. The number of hydrogen-bond acceptors (Lipinski definition) is 5. The Morgan fingerprint density at radius 3 is 2.71 bits per heavy atom. The first-order chi connectivity index (χ1) is 17.0. The van der Waals surface area contributed by atoms with Gasteiger partial charge in [-0.15, -0.1) is 0 Å². The minimum absolute atomic E-state index is 0.174. The normalized spacial score (nSPS) is 22.5. The van der Waals surface area contributed by atoms with Gasteiger partial charge in [0.05, 0.1) is 11.5 Å². The van der Waals surface area contributed by atoms with Gasteiger partial charge in [-0.1, -0.05) is 12.1 Å². The summed E-state index contributed by atoms with van der Waals surface area (Å²) in [5.74, 6) is -0.199. The van der Waals surface area contributed by atoms with Crippen LogP contribution in [0.1, 0.15) is 60.4 Å². The number of nitrogens with zero attached hydrogens (tertiary/aromatic N) is 3. The van der Waals surface area contributed by atoms with Crippen LogP contribution in [0.5, 0.6) is 0 Å². The van der Waals surface area contributed by atoms with Crippen molar-refractivity contribution in [3.8, 4) is 17.4 Å². The summed E-state index contributed by atoms with van der Waals surface area (Å²) in [5, 5.41) is 20.5. The number of benzene rings is 2. The van der Waals surface area contributed by atoms with Gasteiger partial charge >= 0.3 is 5.97 Å². The second-order valence-corrected chi connectivity index (χ2v) is 10.3. The average molecular weight is 470 g/mol. The molecule has 2 aliphatic heterocycles. The smallest absolute Gasteiger partial charge is 0.307 e. The standard InChI is InChI=1S/C29H31N3O3/c1-18-21(6-5-7-25(18)31-11-3-2-4-12-31)27-15-20-14-23-22(24(16-30)28(20)35-27)8-9-26(23)32-13-10-19(17-32)29(33)34/h5-7,14-15,19,26H,2-4,8-13,17H2,1H3,(H,33,34)/t19-,26-/m1/s1. The number of furan rings is 1. The van der Waals surface area contributed by atoms with Crippen molar-refractivity contribution >= 4 is 22.6 Å². The summed E-state index contributed by atoms with van der Waals surface area (Å²) in [6, 6.07) is 13.3. The van der Waals surface area contributed by atoms with Crippen molar-refractivity contribution in [1.29, 1.82) is 5.26 Å². The summed E-state index contributed by atoms with van der Waals surface area (Å²) < 4.78 is 6.40. The van der Waals surface area contributed by atoms with E-state index >= 15 is 0 Å². The van der Waals surface area contributed by atoms with E-state index < -0.39 is 5.97 Å². The van der Waals surface area contributed by atoms with Crippen molar-refractivity contribution in [3.63, 3.8) is 0 Å². The van der Waals surface area contributed by atoms with E-state index in [1.54, 1.807) is 0 Å². The number of piperidine rings is 1. The molecule has 1 N–H and O–H groups in total. The molecule has 2 saturated heterocycles. The van der Waals surface area contributed by atoms with E-state index in [9.17, 15) is 15.2 Å². The minimum Gasteiger partial charge on any atom is -0.481 e. The lowest BCUT2D eigenvalue weighted by Crippen LogP contribution is -2.29. The van der Waals surface area contributed by atoms with Gasteiger partial charge in [-0.25, -0.2) is 0 Å². The fourth-order valence-corrected chi connectivity index (χ4v) is 6.52. The second-order valence-electron chi connectivity index (χ2n) is 10.3. The second kappa shape index (κ2) is 8.73. The Kier molecular flexibility index (Phi) is 5.53. The Hall–Kier alpha value is -3.30. The molecule has 2 fully saturated rings. The predicted molar refractivity (Wildman–Crippen MR) is 136 cm³/mol. The molecular formula is C29H31N3O3. The molecule has 1 aromatic heterocycles. The number of rotatable bonds is 4. The van der Waals surface area contributed by atoms with Gasteiger partial charge in [0.1, 0.15) is 11.8 Å². The van der Waals surface area contributed by atoms with E-state index in [0.717, 1.165) is 54.7 Å². The van der Waals surface area contributed by atoms with Gasteiger partial charge < -0.3 is 14.4 Å². The van der Waals surface area contributed by atoms with Crippen LogP contribution >= 0.6 is 0 Å². The highest BCUT2D eigenvalue weighted by molar-refractivity contribution is 5.90. The Labute approximate surface area is 205 Å². The Bertz CT molecular complexity index is 1350. The number of fused-ring (bicyclic) bond motifs is 2. The molecular weight excluding hydrogens is 438 g/mol. The van der Waals surface area contributed by atoms with Crippen molar-refractivity contribution in [2.75, 3.05) is 31.1 Å². The molecule has 3 heterocycles. The van der Waals surface area contributed by atoms with E-state index in [4.69, 9.17) is 4.42 Å². The fraction of sp³-hybridized carbons (Fsp3) is 0.448. The van der Waals surface area contributed by atoms with Gasteiger partial charge in [-0.05, 0) is 86.9 Å². The van der Waals surface area contributed by atoms with Crippen LogP contribution < -0.4 is 4.90 Å². The van der Waals surface area contributed by atoms with Crippen molar-refractivity contribution < 1.29 is 14.3 Å². The highest BCUT2D eigenvalue weighted by Gasteiger charge is 2.37. The molecule has 0 radical (unpaired) electrons. The van der Waals surface area contributed by atoms with Crippen LogP contribution in [0.2, 0.25) is 0 Å². The van der Waals surface area contributed by atoms with Gasteiger partial charge in [0.25, 0.3) is 0 Å². The zero-order valence-corrected chi connectivity index (χ0v) is 20.2. The molecule has 3 aromatic rings. The Balaban J connectivity index is 1.39. The maximum absolute atomic E-state index is 11.5. The number of carboxylic acids is 1. The monoisotopic (exact) mass is 469 g/mol. The number of nitriles is 1. The zero-order valence-electron chi connectivity index (χ0n) is 20.2. The minimum atomic E-state index is -0.708. The topological polar surface area (TPSA) is 80.7 Å². The van der Waals surface area contributed by atoms with Crippen LogP contribution in [0.15, 0.2) is 34.7 Å². The van der Waals surface area contributed by atoms with E-state index in [2.05, 4.69) is 53.1 Å². The SMILES string of the molecule is Cc1c(-c2cc3cc4c(c(C#N)c3o2)CC[C@H]4N2CC[C@@H](C(=O)O)C2)cccc1N1CCCCC1. The van der Waals surface area contributed by atoms with Crippen LogP contribution in [0.4, 0.5) is 5.69 Å². The lowest BCUT2D eigenvalue weighted by atomic mass is 9.98. The largest absolute Gasteiger partial charge is 0.481 e. The molecule has 6 heteroatoms. The van der Waals surface area contributed by atoms with Crippen molar-refractivity contribution in [2.24, 2.45) is 5.92 Å². The zero-order chi connectivity index (χ0) is 24.1. The first-order valence-corrected chi connectivity index (χ1v) is 12.9. The van der Waals surface area contributed by atoms with E-state index in [1.165, 1.54) is 36.1 Å². The molecule has 2 aromatic carbocycles. The van der Waals surface area contributed by atoms with Gasteiger partial charge in [0, 0.05) is 42.3 Å². The maximum Gasteiger partial charge on any atom is 0.307 e. The number of anilines is 1. The lowest BCUT2D eigenvalue weighted by Gasteiger charge is -2.30. The molecule has 3 aliphatic rings. The number of carbonyl (C=O) groups is 1. The summed E-state index contributed by atoms with van der Waals surface area (Å²) in [6.45, 7) is 5.73. The van der Waals surface area contributed by atoms with Crippen LogP contribution in [0, 0.1) is 24.2 Å². The van der Waals surface area contributed by atoms with Crippen molar-refractivity contribution in [3.05, 3.63) is 52.6 Å². The molecule has 1 aliphatic carbocycles. The van der Waals surface area contributed by atoms with Crippen molar-refractivity contribution in [2.45, 2.75) is 51.5 Å². The van der Waals surface area contributed by atoms with Crippen molar-refractivity contribution in [1.82, 2.24) is 4.90 Å². The molecule has 180 valence electrons. The summed E-state index contributed by atoms with van der Waals surface area (Å²) in [5.41, 5.74) is 7.13. The Morgan fingerprint density at radius 2 is 1.97 bits per heavy atom. The molecule has 6 nitrogen and oxygen atoms in total. The molecule has 0 unspecified atom stereocenters. The average Bonchev–Trinajstić information content (AvgIpc) is 3.61. The van der Waals surface area contributed by atoms with Gasteiger partial charge in [0.2, 0.25) is 0 Å². The van der Waals surface area contributed by atoms with Crippen LogP contribution in [0.3, 0.4) is 0 Å². The predicted octanol–water partition coefficient (Wildman–Crippen LogP) is 5.66. The first kappa shape index (κ1) is 22.2. The van der Waals surface area contributed by atoms with Gasteiger partial charge in [-0.3, -0.25) is 9.69 Å². The van der Waals surface area contributed by atoms with Crippen LogP contribution in [-0.2, 0) is 11.2 Å². The summed E-state index contributed by atoms with van der Waals surface area (Å²) >= 11 is 0. The highest BCUT2D eigenvalue weighted by atomic mass is 16.4. The van der Waals surface area contributed by atoms with E-state index in [1.807, 2.05) is 0 Å². The van der Waals surface area contributed by atoms with Crippen LogP contribution in [-0.4, -0.2) is 42.2 Å². The number of aliphatic carboxylic acids is 1. The lowest BCUT2D eigenvalue weighted by molar-refractivity contribution is -0.141. The summed E-state index contributed by atoms with van der Waals surface area (Å²) in [7, 11) is 0. The third kappa shape index (κ3) is 3.70. The van der Waals surface area contributed by atoms with Gasteiger partial charge in [-0.2, -0.15) is 5.26 Å². The third-order valence-electron chi connectivity index (χ3n) is 8.36. The molecule has 0 saturated carbocycles. The fourth-order valence-electron chi connectivity index (χ4n) is 6.52. The maximum atomic E-state index is 11.5.